The normalized spacial score (nSPS) is 9.95. The van der Waals surface area contributed by atoms with Crippen LogP contribution in [0.2, 0.25) is 0 Å². The molecule has 114 valence electrons. The van der Waals surface area contributed by atoms with Crippen LogP contribution in [0.3, 0.4) is 0 Å². The lowest BCUT2D eigenvalue weighted by Crippen LogP contribution is -2.14. The summed E-state index contributed by atoms with van der Waals surface area (Å²) in [5, 5.41) is 0. The number of methoxy groups -OCH3 is 3. The van der Waals surface area contributed by atoms with E-state index in [1.54, 1.807) is 24.3 Å². The Bertz CT molecular complexity index is 684. The smallest absolute Gasteiger partial charge is 0.233 e. The van der Waals surface area contributed by atoms with Crippen LogP contribution in [-0.4, -0.2) is 32.9 Å². The summed E-state index contributed by atoms with van der Waals surface area (Å²) in [7, 11) is 4.46. The van der Waals surface area contributed by atoms with Crippen molar-refractivity contribution >= 4 is 11.6 Å². The van der Waals surface area contributed by atoms with E-state index in [4.69, 9.17) is 14.2 Å². The van der Waals surface area contributed by atoms with Crippen molar-refractivity contribution in [1.82, 2.24) is 0 Å². The number of Topliss-reactive ketones (excluding diaryl/α,β-unsaturated/α-hetero) is 2. The van der Waals surface area contributed by atoms with Gasteiger partial charge in [0.2, 0.25) is 11.6 Å². The standard InChI is InChI=1S/C17H16O5/c1-20-13-6-4-5-11(7-13)16(18)17(19)12-8-14(21-2)10-15(9-12)22-3/h4-10H,1-3H3. The highest BCUT2D eigenvalue weighted by atomic mass is 16.5. The van der Waals surface area contributed by atoms with Gasteiger partial charge in [-0.2, -0.15) is 0 Å². The zero-order chi connectivity index (χ0) is 16.1. The molecule has 5 nitrogen and oxygen atoms in total. The lowest BCUT2D eigenvalue weighted by molar-refractivity contribution is 0.0816. The summed E-state index contributed by atoms with van der Waals surface area (Å²) in [4.78, 5) is 24.7. The molecule has 0 aliphatic heterocycles. The van der Waals surface area contributed by atoms with Gasteiger partial charge in [0.25, 0.3) is 0 Å². The zero-order valence-corrected chi connectivity index (χ0v) is 12.6. The number of ether oxygens (including phenoxy) is 3. The molecule has 0 fully saturated rings. The van der Waals surface area contributed by atoms with Gasteiger partial charge in [0, 0.05) is 17.2 Å². The molecular formula is C17H16O5. The summed E-state index contributed by atoms with van der Waals surface area (Å²) in [5.41, 5.74) is 0.482. The molecular weight excluding hydrogens is 284 g/mol. The maximum Gasteiger partial charge on any atom is 0.233 e. The molecule has 2 rings (SSSR count). The minimum atomic E-state index is -0.634. The highest BCUT2D eigenvalue weighted by Gasteiger charge is 2.20. The van der Waals surface area contributed by atoms with Crippen molar-refractivity contribution in [2.24, 2.45) is 0 Å². The fourth-order valence-corrected chi connectivity index (χ4v) is 1.97. The summed E-state index contributed by atoms with van der Waals surface area (Å²) in [5.74, 6) is 0.156. The molecule has 22 heavy (non-hydrogen) atoms. The van der Waals surface area contributed by atoms with E-state index in [1.807, 2.05) is 0 Å². The first-order chi connectivity index (χ1) is 10.6. The van der Waals surface area contributed by atoms with Crippen molar-refractivity contribution in [3.8, 4) is 17.2 Å². The second kappa shape index (κ2) is 6.76. The molecule has 0 amide bonds. The monoisotopic (exact) mass is 300 g/mol. The Morgan fingerprint density at radius 3 is 1.73 bits per heavy atom. The van der Waals surface area contributed by atoms with Crippen LogP contribution in [-0.2, 0) is 0 Å². The Balaban J connectivity index is 2.36. The third-order valence-electron chi connectivity index (χ3n) is 3.15. The van der Waals surface area contributed by atoms with E-state index in [0.717, 1.165) is 0 Å². The van der Waals surface area contributed by atoms with Crippen molar-refractivity contribution in [1.29, 1.82) is 0 Å². The molecule has 0 saturated carbocycles. The number of hydrogen-bond donors (Lipinski definition) is 0. The lowest BCUT2D eigenvalue weighted by atomic mass is 10.0. The number of carbonyl (C=O) groups excluding carboxylic acids is 2. The van der Waals surface area contributed by atoms with Crippen LogP contribution in [0.4, 0.5) is 0 Å². The highest BCUT2D eigenvalue weighted by Crippen LogP contribution is 2.24. The molecule has 0 aromatic heterocycles. The molecule has 0 atom stereocenters. The molecule has 2 aromatic carbocycles. The average Bonchev–Trinajstić information content (AvgIpc) is 2.59. The SMILES string of the molecule is COc1cccc(C(=O)C(=O)c2cc(OC)cc(OC)c2)c1. The van der Waals surface area contributed by atoms with Crippen molar-refractivity contribution < 1.29 is 23.8 Å². The number of benzene rings is 2. The van der Waals surface area contributed by atoms with Crippen molar-refractivity contribution in [3.05, 3.63) is 53.6 Å². The quantitative estimate of drug-likeness (QED) is 0.606. The highest BCUT2D eigenvalue weighted by molar-refractivity contribution is 6.49. The van der Waals surface area contributed by atoms with Gasteiger partial charge < -0.3 is 14.2 Å². The number of carbonyl (C=O) groups is 2. The third-order valence-corrected chi connectivity index (χ3v) is 3.15. The van der Waals surface area contributed by atoms with Crippen molar-refractivity contribution in [3.63, 3.8) is 0 Å². The van der Waals surface area contributed by atoms with E-state index in [0.29, 0.717) is 17.2 Å². The minimum Gasteiger partial charge on any atom is -0.497 e. The molecule has 0 unspecified atom stereocenters. The summed E-state index contributed by atoms with van der Waals surface area (Å²) >= 11 is 0. The maximum absolute atomic E-state index is 12.4. The summed E-state index contributed by atoms with van der Waals surface area (Å²) in [6, 6.07) is 11.1. The van der Waals surface area contributed by atoms with Crippen LogP contribution in [0.5, 0.6) is 17.2 Å². The Morgan fingerprint density at radius 1 is 0.682 bits per heavy atom. The van der Waals surface area contributed by atoms with Crippen molar-refractivity contribution in [2.75, 3.05) is 21.3 Å². The first-order valence-electron chi connectivity index (χ1n) is 6.55. The van der Waals surface area contributed by atoms with E-state index >= 15 is 0 Å². The van der Waals surface area contributed by atoms with Crippen LogP contribution < -0.4 is 14.2 Å². The van der Waals surface area contributed by atoms with Crippen LogP contribution in [0.15, 0.2) is 42.5 Å². The molecule has 0 aliphatic carbocycles. The summed E-state index contributed by atoms with van der Waals surface area (Å²) in [6.07, 6.45) is 0. The second-order valence-electron chi connectivity index (χ2n) is 4.49. The first-order valence-corrected chi connectivity index (χ1v) is 6.55. The second-order valence-corrected chi connectivity index (χ2v) is 4.49. The molecule has 0 saturated heterocycles. The summed E-state index contributed by atoms with van der Waals surface area (Å²) in [6.45, 7) is 0. The largest absolute Gasteiger partial charge is 0.497 e. The molecule has 0 heterocycles. The predicted molar refractivity (Wildman–Crippen MR) is 81.2 cm³/mol. The Hall–Kier alpha value is -2.82. The van der Waals surface area contributed by atoms with Crippen LogP contribution in [0.25, 0.3) is 0 Å². The summed E-state index contributed by atoms with van der Waals surface area (Å²) < 4.78 is 15.3. The van der Waals surface area contributed by atoms with E-state index in [2.05, 4.69) is 0 Å². The number of ketones is 2. The van der Waals surface area contributed by atoms with E-state index < -0.39 is 11.6 Å². The average molecular weight is 300 g/mol. The molecule has 2 aromatic rings. The number of hydrogen-bond acceptors (Lipinski definition) is 5. The van der Waals surface area contributed by atoms with E-state index in [-0.39, 0.29) is 11.1 Å². The Labute approximate surface area is 128 Å². The number of rotatable bonds is 6. The maximum atomic E-state index is 12.4. The van der Waals surface area contributed by atoms with Crippen LogP contribution in [0, 0.1) is 0 Å². The third kappa shape index (κ3) is 3.25. The van der Waals surface area contributed by atoms with E-state index in [9.17, 15) is 9.59 Å². The fourth-order valence-electron chi connectivity index (χ4n) is 1.97. The van der Waals surface area contributed by atoms with Gasteiger partial charge in [-0.15, -0.1) is 0 Å². The van der Waals surface area contributed by atoms with Gasteiger partial charge in [-0.25, -0.2) is 0 Å². The Kier molecular flexibility index (Phi) is 4.78. The first kappa shape index (κ1) is 15.6. The molecule has 0 spiro atoms. The van der Waals surface area contributed by atoms with Crippen molar-refractivity contribution in [2.45, 2.75) is 0 Å². The van der Waals surface area contributed by atoms with Gasteiger partial charge >= 0.3 is 0 Å². The molecule has 0 N–H and O–H groups in total. The fraction of sp³-hybridized carbons (Fsp3) is 0.176. The lowest BCUT2D eigenvalue weighted by Gasteiger charge is -2.08. The molecule has 0 bridgehead atoms. The molecule has 0 aliphatic rings. The van der Waals surface area contributed by atoms with Gasteiger partial charge in [0.05, 0.1) is 21.3 Å². The van der Waals surface area contributed by atoms with Gasteiger partial charge in [0.15, 0.2) is 0 Å². The predicted octanol–water partition coefficient (Wildman–Crippen LogP) is 2.78. The van der Waals surface area contributed by atoms with Gasteiger partial charge in [0.1, 0.15) is 17.2 Å². The van der Waals surface area contributed by atoms with Gasteiger partial charge in [-0.3, -0.25) is 9.59 Å². The molecule has 5 heteroatoms. The van der Waals surface area contributed by atoms with Gasteiger partial charge in [-0.1, -0.05) is 12.1 Å². The zero-order valence-electron chi connectivity index (χ0n) is 12.6. The van der Waals surface area contributed by atoms with E-state index in [1.165, 1.54) is 39.5 Å². The Morgan fingerprint density at radius 2 is 1.18 bits per heavy atom. The topological polar surface area (TPSA) is 61.8 Å². The van der Waals surface area contributed by atoms with Crippen LogP contribution in [0.1, 0.15) is 20.7 Å². The van der Waals surface area contributed by atoms with Crippen LogP contribution >= 0.6 is 0 Å². The minimum absolute atomic E-state index is 0.212. The van der Waals surface area contributed by atoms with Gasteiger partial charge in [-0.05, 0) is 24.3 Å². The molecule has 0 radical (unpaired) electrons.